The van der Waals surface area contributed by atoms with Crippen LogP contribution in [-0.2, 0) is 16.0 Å². The molecule has 0 heterocycles. The van der Waals surface area contributed by atoms with E-state index in [1.54, 1.807) is 0 Å². The molecule has 2 aliphatic carbocycles. The maximum atomic E-state index is 13.7. The van der Waals surface area contributed by atoms with Crippen LogP contribution >= 0.6 is 0 Å². The molecule has 0 amide bonds. The molecule has 3 heteroatoms. The standard InChI is InChI=1S/C32H48O3.C3H8/c1-7-12-25(26(8-2)30(34)15-21(5)33)16-23-17-29-27(20(3)4)19-28(24-13-10-9-11-14-24)22(6)32(29)31(35)18-23;1-3-2/h19-20,23-26H,7-18H2,1-6H3;3H2,1-2H3. The van der Waals surface area contributed by atoms with Gasteiger partial charge in [-0.15, -0.1) is 0 Å². The highest BCUT2D eigenvalue weighted by Crippen LogP contribution is 2.43. The van der Waals surface area contributed by atoms with Gasteiger partial charge in [0.15, 0.2) is 5.78 Å². The summed E-state index contributed by atoms with van der Waals surface area (Å²) in [5.74, 6) is 1.81. The number of benzene rings is 1. The normalized spacial score (nSPS) is 19.4. The van der Waals surface area contributed by atoms with Crippen molar-refractivity contribution < 1.29 is 14.4 Å². The minimum Gasteiger partial charge on any atom is -0.300 e. The van der Waals surface area contributed by atoms with Gasteiger partial charge in [-0.05, 0) is 91.9 Å². The van der Waals surface area contributed by atoms with E-state index in [2.05, 4.69) is 54.5 Å². The van der Waals surface area contributed by atoms with E-state index < -0.39 is 0 Å². The highest BCUT2D eigenvalue weighted by Gasteiger charge is 2.35. The Bertz CT molecular complexity index is 935. The zero-order chi connectivity index (χ0) is 28.4. The Kier molecular flexibility index (Phi) is 13.4. The zero-order valence-corrected chi connectivity index (χ0v) is 25.9. The second-order valence-corrected chi connectivity index (χ2v) is 12.6. The van der Waals surface area contributed by atoms with Gasteiger partial charge in [-0.1, -0.05) is 86.1 Å². The molecule has 1 saturated carbocycles. The van der Waals surface area contributed by atoms with Gasteiger partial charge in [0, 0.05) is 17.9 Å². The van der Waals surface area contributed by atoms with Crippen molar-refractivity contribution in [3.8, 4) is 0 Å². The number of hydrogen-bond acceptors (Lipinski definition) is 3. The molecule has 214 valence electrons. The van der Waals surface area contributed by atoms with Crippen LogP contribution in [0.1, 0.15) is 170 Å². The van der Waals surface area contributed by atoms with Gasteiger partial charge in [0.25, 0.3) is 0 Å². The molecule has 0 N–H and O–H groups in total. The molecule has 3 unspecified atom stereocenters. The molecule has 0 radical (unpaired) electrons. The van der Waals surface area contributed by atoms with Gasteiger partial charge in [0.2, 0.25) is 0 Å². The Morgan fingerprint density at radius 3 is 2.16 bits per heavy atom. The van der Waals surface area contributed by atoms with Crippen LogP contribution in [0.2, 0.25) is 0 Å². The van der Waals surface area contributed by atoms with Crippen molar-refractivity contribution in [3.05, 3.63) is 33.9 Å². The lowest BCUT2D eigenvalue weighted by Gasteiger charge is -2.34. The predicted octanol–water partition coefficient (Wildman–Crippen LogP) is 9.71. The average Bonchev–Trinajstić information content (AvgIpc) is 2.85. The third-order valence-corrected chi connectivity index (χ3v) is 8.82. The highest BCUT2D eigenvalue weighted by atomic mass is 16.1. The Labute approximate surface area is 233 Å². The molecule has 1 aromatic rings. The Morgan fingerprint density at radius 2 is 1.63 bits per heavy atom. The monoisotopic (exact) mass is 524 g/mol. The summed E-state index contributed by atoms with van der Waals surface area (Å²) in [6.45, 7) is 16.7. The summed E-state index contributed by atoms with van der Waals surface area (Å²) >= 11 is 0. The highest BCUT2D eigenvalue weighted by molar-refractivity contribution is 6.01. The molecular formula is C35H56O3. The molecule has 1 aromatic carbocycles. The van der Waals surface area contributed by atoms with E-state index in [0.717, 1.165) is 37.7 Å². The number of hydrogen-bond donors (Lipinski definition) is 0. The molecule has 1 fully saturated rings. The largest absolute Gasteiger partial charge is 0.300 e. The van der Waals surface area contributed by atoms with Crippen LogP contribution in [0.15, 0.2) is 6.07 Å². The van der Waals surface area contributed by atoms with Gasteiger partial charge in [-0.25, -0.2) is 0 Å². The molecule has 2 aliphatic rings. The van der Waals surface area contributed by atoms with E-state index in [1.165, 1.54) is 67.7 Å². The van der Waals surface area contributed by atoms with Gasteiger partial charge in [0.05, 0.1) is 6.42 Å². The van der Waals surface area contributed by atoms with Crippen molar-refractivity contribution >= 4 is 17.3 Å². The Hall–Kier alpha value is -1.77. The molecule has 3 nitrogen and oxygen atoms in total. The third-order valence-electron chi connectivity index (χ3n) is 8.82. The van der Waals surface area contributed by atoms with E-state index in [-0.39, 0.29) is 35.7 Å². The lowest BCUT2D eigenvalue weighted by atomic mass is 9.69. The molecular weight excluding hydrogens is 468 g/mol. The molecule has 0 spiro atoms. The van der Waals surface area contributed by atoms with Crippen LogP contribution in [0.25, 0.3) is 0 Å². The predicted molar refractivity (Wildman–Crippen MR) is 160 cm³/mol. The van der Waals surface area contributed by atoms with Crippen LogP contribution in [0, 0.1) is 24.7 Å². The van der Waals surface area contributed by atoms with E-state index in [1.807, 2.05) is 0 Å². The molecule has 0 aliphatic heterocycles. The SMILES string of the molecule is CCC.CCCC(CC1CC(=O)c2c(C)c(C3CCCCC3)cc(C(C)C)c2C1)C(CC)C(=O)CC(C)=O. The first-order valence-electron chi connectivity index (χ1n) is 15.8. The van der Waals surface area contributed by atoms with Gasteiger partial charge in [-0.3, -0.25) is 14.4 Å². The second kappa shape index (κ2) is 15.7. The van der Waals surface area contributed by atoms with Crippen molar-refractivity contribution in [1.29, 1.82) is 0 Å². The number of ketones is 3. The van der Waals surface area contributed by atoms with Crippen LogP contribution in [-0.4, -0.2) is 17.3 Å². The number of Topliss-reactive ketones (excluding diaryl/α,β-unsaturated/α-hetero) is 3. The van der Waals surface area contributed by atoms with Crippen molar-refractivity contribution in [1.82, 2.24) is 0 Å². The lowest BCUT2D eigenvalue weighted by molar-refractivity contribution is -0.129. The fraction of sp³-hybridized carbons (Fsp3) is 0.743. The van der Waals surface area contributed by atoms with Crippen molar-refractivity contribution in [2.75, 3.05) is 0 Å². The summed E-state index contributed by atoms with van der Waals surface area (Å²) in [4.78, 5) is 38.2. The molecule has 0 saturated heterocycles. The third kappa shape index (κ3) is 8.36. The van der Waals surface area contributed by atoms with Crippen molar-refractivity contribution in [2.24, 2.45) is 17.8 Å². The molecule has 0 bridgehead atoms. The van der Waals surface area contributed by atoms with E-state index in [9.17, 15) is 14.4 Å². The fourth-order valence-corrected chi connectivity index (χ4v) is 7.20. The zero-order valence-electron chi connectivity index (χ0n) is 25.9. The first-order valence-corrected chi connectivity index (χ1v) is 15.8. The number of rotatable bonds is 11. The summed E-state index contributed by atoms with van der Waals surface area (Å²) in [5, 5.41) is 0. The van der Waals surface area contributed by atoms with Crippen LogP contribution < -0.4 is 0 Å². The first-order chi connectivity index (χ1) is 18.1. The topological polar surface area (TPSA) is 51.2 Å². The van der Waals surface area contributed by atoms with Crippen LogP contribution in [0.5, 0.6) is 0 Å². The first kappa shape index (κ1) is 32.4. The van der Waals surface area contributed by atoms with Crippen molar-refractivity contribution in [3.63, 3.8) is 0 Å². The summed E-state index contributed by atoms with van der Waals surface area (Å²) in [5.41, 5.74) is 6.36. The molecule has 0 aromatic heterocycles. The minimum atomic E-state index is -0.0738. The maximum Gasteiger partial charge on any atom is 0.163 e. The van der Waals surface area contributed by atoms with Gasteiger partial charge >= 0.3 is 0 Å². The van der Waals surface area contributed by atoms with Crippen molar-refractivity contribution in [2.45, 2.75) is 151 Å². The lowest BCUT2D eigenvalue weighted by Crippen LogP contribution is -2.30. The Balaban J connectivity index is 0.00000161. The average molecular weight is 525 g/mol. The molecule has 3 atom stereocenters. The van der Waals surface area contributed by atoms with E-state index in [0.29, 0.717) is 24.0 Å². The molecule has 3 rings (SSSR count). The molecule has 38 heavy (non-hydrogen) atoms. The van der Waals surface area contributed by atoms with Gasteiger partial charge < -0.3 is 0 Å². The van der Waals surface area contributed by atoms with Gasteiger partial charge in [0.1, 0.15) is 11.6 Å². The summed E-state index contributed by atoms with van der Waals surface area (Å²) in [6.07, 6.45) is 13.0. The number of fused-ring (bicyclic) bond motifs is 1. The second-order valence-electron chi connectivity index (χ2n) is 12.6. The number of carbonyl (C=O) groups is 3. The fourth-order valence-electron chi connectivity index (χ4n) is 7.20. The summed E-state index contributed by atoms with van der Waals surface area (Å²) in [7, 11) is 0. The van der Waals surface area contributed by atoms with Crippen LogP contribution in [0.3, 0.4) is 0 Å². The smallest absolute Gasteiger partial charge is 0.163 e. The van der Waals surface area contributed by atoms with Gasteiger partial charge in [-0.2, -0.15) is 0 Å². The van der Waals surface area contributed by atoms with E-state index in [4.69, 9.17) is 0 Å². The maximum absolute atomic E-state index is 13.7. The quantitative estimate of drug-likeness (QED) is 0.271. The van der Waals surface area contributed by atoms with Crippen LogP contribution in [0.4, 0.5) is 0 Å². The summed E-state index contributed by atoms with van der Waals surface area (Å²) in [6, 6.07) is 2.46. The minimum absolute atomic E-state index is 0.0451. The number of carbonyl (C=O) groups excluding carboxylic acids is 3. The van der Waals surface area contributed by atoms with E-state index >= 15 is 0 Å². The Morgan fingerprint density at radius 1 is 1.00 bits per heavy atom. The summed E-state index contributed by atoms with van der Waals surface area (Å²) < 4.78 is 0.